The van der Waals surface area contributed by atoms with Crippen molar-refractivity contribution in [3.63, 3.8) is 0 Å². The molecule has 0 radical (unpaired) electrons. The zero-order chi connectivity index (χ0) is 25.9. The topological polar surface area (TPSA) is 113 Å². The van der Waals surface area contributed by atoms with Gasteiger partial charge in [0.2, 0.25) is 0 Å². The molecule has 0 amide bonds. The summed E-state index contributed by atoms with van der Waals surface area (Å²) in [7, 11) is 0. The number of aliphatic hydroxyl groups excluding tert-OH is 1. The third-order valence-electron chi connectivity index (χ3n) is 7.62. The summed E-state index contributed by atoms with van der Waals surface area (Å²) in [6.07, 6.45) is 3.61. The minimum atomic E-state index is -1.10. The molecule has 0 aliphatic carbocycles. The van der Waals surface area contributed by atoms with Crippen LogP contribution in [0.25, 0.3) is 6.08 Å². The summed E-state index contributed by atoms with van der Waals surface area (Å²) in [6.45, 7) is 10.9. The van der Waals surface area contributed by atoms with Crippen LogP contribution in [0.4, 0.5) is 0 Å². The highest BCUT2D eigenvalue weighted by Gasteiger charge is 2.45. The maximum Gasteiger partial charge on any atom is 0.307 e. The van der Waals surface area contributed by atoms with Crippen LogP contribution in [0.1, 0.15) is 77.4 Å². The van der Waals surface area contributed by atoms with Gasteiger partial charge in [-0.2, -0.15) is 5.26 Å². The summed E-state index contributed by atoms with van der Waals surface area (Å²) < 4.78 is 11.8. The molecule has 8 heteroatoms. The quantitative estimate of drug-likeness (QED) is 0.453. The van der Waals surface area contributed by atoms with E-state index in [9.17, 15) is 20.0 Å². The number of aliphatic hydroxyl groups is 1. The number of aromatic nitrogens is 1. The second-order valence-corrected chi connectivity index (χ2v) is 11.8. The number of Topliss-reactive ketones (excluding diaryl/α,β-unsaturated/α-hetero) is 1. The molecule has 192 valence electrons. The van der Waals surface area contributed by atoms with Crippen molar-refractivity contribution >= 4 is 29.2 Å². The number of nitrogens with zero attached hydrogens (tertiary/aromatic N) is 2. The molecule has 1 aromatic rings. The van der Waals surface area contributed by atoms with Crippen molar-refractivity contribution in [3.8, 4) is 6.07 Å². The maximum atomic E-state index is 13.3. The number of carbonyl (C=O) groups is 2. The van der Waals surface area contributed by atoms with Crippen LogP contribution in [0.2, 0.25) is 0 Å². The van der Waals surface area contributed by atoms with Crippen molar-refractivity contribution in [1.82, 2.24) is 4.98 Å². The lowest BCUT2D eigenvalue weighted by Gasteiger charge is -2.34. The second kappa shape index (κ2) is 11.3. The van der Waals surface area contributed by atoms with E-state index in [1.807, 2.05) is 32.2 Å². The molecule has 0 aromatic carbocycles. The first-order valence-corrected chi connectivity index (χ1v) is 13.4. The van der Waals surface area contributed by atoms with Gasteiger partial charge in [0.1, 0.15) is 11.9 Å². The largest absolute Gasteiger partial charge is 0.458 e. The van der Waals surface area contributed by atoms with Crippen LogP contribution >= 0.6 is 11.3 Å². The lowest BCUT2D eigenvalue weighted by Crippen LogP contribution is -2.43. The highest BCUT2D eigenvalue weighted by Crippen LogP contribution is 2.38. The molecule has 0 saturated carbocycles. The number of nitriles is 1. The molecule has 3 heterocycles. The van der Waals surface area contributed by atoms with E-state index in [4.69, 9.17) is 9.47 Å². The molecule has 0 bridgehead atoms. The Balaban J connectivity index is 1.85. The van der Waals surface area contributed by atoms with Crippen molar-refractivity contribution in [3.05, 3.63) is 21.7 Å². The van der Waals surface area contributed by atoms with Gasteiger partial charge in [-0.3, -0.25) is 9.59 Å². The number of hydrogen-bond donors (Lipinski definition) is 1. The molecule has 35 heavy (non-hydrogen) atoms. The molecule has 1 N–H and O–H groups in total. The third-order valence-corrected chi connectivity index (χ3v) is 8.41. The van der Waals surface area contributed by atoms with E-state index in [0.29, 0.717) is 6.42 Å². The van der Waals surface area contributed by atoms with Crippen LogP contribution in [0, 0.1) is 41.4 Å². The van der Waals surface area contributed by atoms with Crippen LogP contribution in [-0.4, -0.2) is 46.3 Å². The van der Waals surface area contributed by atoms with Gasteiger partial charge < -0.3 is 14.6 Å². The average Bonchev–Trinajstić information content (AvgIpc) is 3.42. The van der Waals surface area contributed by atoms with Crippen LogP contribution < -0.4 is 0 Å². The molecule has 2 aliphatic rings. The van der Waals surface area contributed by atoms with Crippen LogP contribution in [-0.2, 0) is 19.1 Å². The van der Waals surface area contributed by atoms with Gasteiger partial charge in [-0.1, -0.05) is 34.1 Å². The molecule has 3 rings (SSSR count). The monoisotopic (exact) mass is 502 g/mol. The summed E-state index contributed by atoms with van der Waals surface area (Å²) in [6, 6.07) is 2.16. The van der Waals surface area contributed by atoms with Gasteiger partial charge in [-0.15, -0.1) is 11.3 Å². The first-order valence-electron chi connectivity index (χ1n) is 12.5. The van der Waals surface area contributed by atoms with Crippen molar-refractivity contribution in [2.24, 2.45) is 23.2 Å². The Morgan fingerprint density at radius 3 is 2.63 bits per heavy atom. The minimum absolute atomic E-state index is 0.00478. The maximum absolute atomic E-state index is 13.3. The smallest absolute Gasteiger partial charge is 0.307 e. The molecule has 2 aliphatic heterocycles. The fourth-order valence-corrected chi connectivity index (χ4v) is 5.57. The highest BCUT2D eigenvalue weighted by molar-refractivity contribution is 7.09. The summed E-state index contributed by atoms with van der Waals surface area (Å²) in [5, 5.41) is 23.6. The van der Waals surface area contributed by atoms with Gasteiger partial charge in [-0.25, -0.2) is 4.98 Å². The SMILES string of the molecule is C/C(=C\c1csc(C)n1)C1C[C@@H]2OC2CCC[C@H](C)[C@H](O)[C@@H](C)C(=O)C(C)(C)C(C#N)CC(=O)O1. The van der Waals surface area contributed by atoms with E-state index in [1.165, 1.54) is 0 Å². The number of aryl methyl sites for hydroxylation is 1. The molecule has 3 unspecified atom stereocenters. The Kier molecular flexibility index (Phi) is 8.90. The van der Waals surface area contributed by atoms with E-state index in [0.717, 1.165) is 35.5 Å². The van der Waals surface area contributed by atoms with Crippen LogP contribution in [0.5, 0.6) is 0 Å². The van der Waals surface area contributed by atoms with Gasteiger partial charge in [-0.05, 0) is 44.3 Å². The molecule has 0 spiro atoms. The number of hydrogen-bond acceptors (Lipinski definition) is 8. The number of thiazole rings is 1. The third kappa shape index (κ3) is 6.78. The van der Waals surface area contributed by atoms with Gasteiger partial charge >= 0.3 is 5.97 Å². The Labute approximate surface area is 212 Å². The van der Waals surface area contributed by atoms with E-state index in [-0.39, 0.29) is 30.3 Å². The summed E-state index contributed by atoms with van der Waals surface area (Å²) in [4.78, 5) is 30.8. The Morgan fingerprint density at radius 2 is 2.00 bits per heavy atom. The zero-order valence-corrected chi connectivity index (χ0v) is 22.4. The number of ketones is 1. The number of rotatable bonds is 2. The predicted molar refractivity (Wildman–Crippen MR) is 134 cm³/mol. The standard InChI is InChI=1S/C27H38N2O5S/c1-15-8-7-9-21-23(33-21)12-22(16(2)10-20-14-35-18(4)29-20)34-24(30)11-19(13-28)27(5,6)26(32)17(3)25(15)31/h10,14-15,17,19,21-23,25,31H,7-9,11-12H2,1-6H3/b16-10+/t15-,17+,19?,21?,22?,23-,25-/m0/s1. The van der Waals surface area contributed by atoms with Crippen LogP contribution in [0.15, 0.2) is 11.0 Å². The summed E-state index contributed by atoms with van der Waals surface area (Å²) in [5.74, 6) is -2.28. The molecule has 2 saturated heterocycles. The summed E-state index contributed by atoms with van der Waals surface area (Å²) >= 11 is 1.56. The number of fused-ring (bicyclic) bond motifs is 1. The van der Waals surface area contributed by atoms with Crippen LogP contribution in [0.3, 0.4) is 0 Å². The normalized spacial score (nSPS) is 35.0. The lowest BCUT2D eigenvalue weighted by atomic mass is 9.69. The Bertz CT molecular complexity index is 994. The predicted octanol–water partition coefficient (Wildman–Crippen LogP) is 4.87. The van der Waals surface area contributed by atoms with E-state index in [1.54, 1.807) is 32.1 Å². The van der Waals surface area contributed by atoms with Crippen molar-refractivity contribution < 1.29 is 24.2 Å². The van der Waals surface area contributed by atoms with Crippen molar-refractivity contribution in [1.29, 1.82) is 5.26 Å². The van der Waals surface area contributed by atoms with Gasteiger partial charge in [0, 0.05) is 23.1 Å². The first-order chi connectivity index (χ1) is 16.4. The lowest BCUT2D eigenvalue weighted by molar-refractivity contribution is -0.150. The van der Waals surface area contributed by atoms with Crippen molar-refractivity contribution in [2.45, 2.75) is 98.1 Å². The van der Waals surface area contributed by atoms with Gasteiger partial charge in [0.05, 0.1) is 47.4 Å². The number of carbonyl (C=O) groups excluding carboxylic acids is 2. The first kappa shape index (κ1) is 27.5. The second-order valence-electron chi connectivity index (χ2n) is 10.8. The zero-order valence-electron chi connectivity index (χ0n) is 21.6. The molecular weight excluding hydrogens is 464 g/mol. The average molecular weight is 503 g/mol. The van der Waals surface area contributed by atoms with Gasteiger partial charge in [0.25, 0.3) is 0 Å². The fraction of sp³-hybridized carbons (Fsp3) is 0.704. The molecular formula is C27H38N2O5S. The highest BCUT2D eigenvalue weighted by atomic mass is 32.1. The molecule has 7 nitrogen and oxygen atoms in total. The number of cyclic esters (lactones) is 1. The Hall–Kier alpha value is -2.08. The number of epoxide rings is 1. The fourth-order valence-electron chi connectivity index (χ4n) is 5.00. The number of esters is 1. The van der Waals surface area contributed by atoms with Crippen molar-refractivity contribution in [2.75, 3.05) is 0 Å². The van der Waals surface area contributed by atoms with E-state index in [2.05, 4.69) is 11.1 Å². The van der Waals surface area contributed by atoms with E-state index < -0.39 is 35.4 Å². The number of ether oxygens (including phenoxy) is 2. The Morgan fingerprint density at radius 1 is 1.29 bits per heavy atom. The summed E-state index contributed by atoms with van der Waals surface area (Å²) in [5.41, 5.74) is 0.589. The molecule has 7 atom stereocenters. The molecule has 2 fully saturated rings. The van der Waals surface area contributed by atoms with E-state index >= 15 is 0 Å². The molecule has 1 aromatic heterocycles. The van der Waals surface area contributed by atoms with Gasteiger partial charge in [0.15, 0.2) is 0 Å². The minimum Gasteiger partial charge on any atom is -0.458 e.